The van der Waals surface area contributed by atoms with Gasteiger partial charge in [0.15, 0.2) is 0 Å². The summed E-state index contributed by atoms with van der Waals surface area (Å²) in [6.07, 6.45) is 2.01. The number of nitrogens with zero attached hydrogens (tertiary/aromatic N) is 1. The molecule has 1 fully saturated rings. The Kier molecular flexibility index (Phi) is 4.83. The van der Waals surface area contributed by atoms with E-state index in [1.54, 1.807) is 13.1 Å². The van der Waals surface area contributed by atoms with E-state index < -0.39 is 10.0 Å². The van der Waals surface area contributed by atoms with Crippen molar-refractivity contribution in [3.05, 3.63) is 28.2 Å². The third-order valence-corrected chi connectivity index (χ3v) is 6.56. The van der Waals surface area contributed by atoms with Crippen molar-refractivity contribution in [2.24, 2.45) is 5.92 Å². The van der Waals surface area contributed by atoms with Gasteiger partial charge in [0.05, 0.1) is 5.02 Å². The molecule has 0 amide bonds. The first-order valence-corrected chi connectivity index (χ1v) is 8.97. The van der Waals surface area contributed by atoms with Crippen molar-refractivity contribution in [2.45, 2.75) is 22.6 Å². The van der Waals surface area contributed by atoms with Crippen LogP contribution in [0.3, 0.4) is 0 Å². The molecule has 1 aliphatic rings. The maximum absolute atomic E-state index is 12.4. The smallest absolute Gasteiger partial charge is 0.207 e. The summed E-state index contributed by atoms with van der Waals surface area (Å²) in [4.78, 5) is 0.585. The molecular weight excluding hydrogens is 373 g/mol. The van der Waals surface area contributed by atoms with Gasteiger partial charge in [-0.3, -0.25) is 0 Å². The van der Waals surface area contributed by atoms with Gasteiger partial charge in [-0.05, 0) is 37.0 Å². The van der Waals surface area contributed by atoms with E-state index in [0.717, 1.165) is 12.8 Å². The Balaban J connectivity index is 2.19. The second-order valence-electron chi connectivity index (χ2n) is 4.79. The molecule has 1 saturated carbocycles. The lowest BCUT2D eigenvalue weighted by Crippen LogP contribution is -2.37. The maximum Gasteiger partial charge on any atom is 0.244 e. The van der Waals surface area contributed by atoms with Crippen molar-refractivity contribution >= 4 is 49.2 Å². The Morgan fingerprint density at radius 2 is 2.00 bits per heavy atom. The SMILES string of the molecule is CN(CC1CC(Br)C1)S(=O)(=O)c1cc(Cl)ccc1Cl. The fourth-order valence-electron chi connectivity index (χ4n) is 2.11. The lowest BCUT2D eigenvalue weighted by atomic mass is 9.85. The van der Waals surface area contributed by atoms with E-state index in [1.807, 2.05) is 0 Å². The Labute approximate surface area is 132 Å². The summed E-state index contributed by atoms with van der Waals surface area (Å²) >= 11 is 15.3. The third-order valence-electron chi connectivity index (χ3n) is 3.27. The highest BCUT2D eigenvalue weighted by molar-refractivity contribution is 9.09. The molecule has 0 unspecified atom stereocenters. The number of hydrogen-bond acceptors (Lipinski definition) is 2. The van der Waals surface area contributed by atoms with Crippen LogP contribution >= 0.6 is 39.1 Å². The molecule has 0 bridgehead atoms. The third kappa shape index (κ3) is 3.45. The Morgan fingerprint density at radius 1 is 1.37 bits per heavy atom. The first-order chi connectivity index (χ1) is 8.80. The number of halogens is 3. The van der Waals surface area contributed by atoms with E-state index in [1.165, 1.54) is 16.4 Å². The fraction of sp³-hybridized carbons (Fsp3) is 0.500. The quantitative estimate of drug-likeness (QED) is 0.738. The van der Waals surface area contributed by atoms with Gasteiger partial charge in [0.1, 0.15) is 4.90 Å². The van der Waals surface area contributed by atoms with E-state index in [9.17, 15) is 8.42 Å². The molecule has 0 aliphatic heterocycles. The minimum absolute atomic E-state index is 0.0684. The predicted molar refractivity (Wildman–Crippen MR) is 81.7 cm³/mol. The van der Waals surface area contributed by atoms with Crippen LogP contribution in [0.25, 0.3) is 0 Å². The summed E-state index contributed by atoms with van der Waals surface area (Å²) < 4.78 is 26.2. The molecule has 0 saturated heterocycles. The largest absolute Gasteiger partial charge is 0.244 e. The topological polar surface area (TPSA) is 37.4 Å². The van der Waals surface area contributed by atoms with Crippen molar-refractivity contribution in [1.82, 2.24) is 4.31 Å². The zero-order chi connectivity index (χ0) is 14.2. The Bertz CT molecular complexity index is 573. The first kappa shape index (κ1) is 15.6. The molecule has 0 heterocycles. The average molecular weight is 387 g/mol. The second kappa shape index (κ2) is 5.90. The normalized spacial score (nSPS) is 23.4. The van der Waals surface area contributed by atoms with Crippen LogP contribution in [0, 0.1) is 5.92 Å². The van der Waals surface area contributed by atoms with Gasteiger partial charge >= 0.3 is 0 Å². The first-order valence-electron chi connectivity index (χ1n) is 5.86. The number of hydrogen-bond donors (Lipinski definition) is 0. The number of sulfonamides is 1. The minimum atomic E-state index is -3.58. The van der Waals surface area contributed by atoms with Crippen LogP contribution < -0.4 is 0 Å². The molecule has 2 rings (SSSR count). The summed E-state index contributed by atoms with van der Waals surface area (Å²) in [6.45, 7) is 0.507. The molecule has 106 valence electrons. The number of benzene rings is 1. The summed E-state index contributed by atoms with van der Waals surface area (Å²) in [5.74, 6) is 0.405. The molecule has 1 aromatic carbocycles. The maximum atomic E-state index is 12.4. The van der Waals surface area contributed by atoms with E-state index in [4.69, 9.17) is 23.2 Å². The van der Waals surface area contributed by atoms with Crippen molar-refractivity contribution in [3.8, 4) is 0 Å². The molecule has 0 atom stereocenters. The molecule has 0 aromatic heterocycles. The molecule has 0 radical (unpaired) electrons. The van der Waals surface area contributed by atoms with Crippen LogP contribution in [0.2, 0.25) is 10.0 Å². The fourth-order valence-corrected chi connectivity index (χ4v) is 5.15. The van der Waals surface area contributed by atoms with Gasteiger partial charge in [-0.15, -0.1) is 0 Å². The van der Waals surface area contributed by atoms with Crippen molar-refractivity contribution < 1.29 is 8.42 Å². The highest BCUT2D eigenvalue weighted by Crippen LogP contribution is 2.35. The van der Waals surface area contributed by atoms with Crippen LogP contribution in [-0.4, -0.2) is 31.1 Å². The zero-order valence-electron chi connectivity index (χ0n) is 10.3. The van der Waals surface area contributed by atoms with Gasteiger partial charge < -0.3 is 0 Å². The average Bonchev–Trinajstić information content (AvgIpc) is 2.30. The predicted octanol–water partition coefficient (Wildman–Crippen LogP) is 3.79. The van der Waals surface area contributed by atoms with Gasteiger partial charge in [-0.2, -0.15) is 0 Å². The highest BCUT2D eigenvalue weighted by Gasteiger charge is 2.32. The summed E-state index contributed by atoms with van der Waals surface area (Å²) in [6, 6.07) is 4.47. The lowest BCUT2D eigenvalue weighted by Gasteiger charge is -2.34. The van der Waals surface area contributed by atoms with Crippen LogP contribution in [0.4, 0.5) is 0 Å². The molecule has 1 aromatic rings. The monoisotopic (exact) mass is 385 g/mol. The molecule has 0 N–H and O–H groups in total. The molecule has 1 aliphatic carbocycles. The zero-order valence-corrected chi connectivity index (χ0v) is 14.2. The van der Waals surface area contributed by atoms with E-state index in [2.05, 4.69) is 15.9 Å². The number of rotatable bonds is 4. The van der Waals surface area contributed by atoms with E-state index in [-0.39, 0.29) is 9.92 Å². The standard InChI is InChI=1S/C12H14BrCl2NO2S/c1-16(7-8-4-9(13)5-8)19(17,18)12-6-10(14)2-3-11(12)15/h2-3,6,8-9H,4-5,7H2,1H3. The molecular formula is C12H14BrCl2NO2S. The van der Waals surface area contributed by atoms with E-state index >= 15 is 0 Å². The van der Waals surface area contributed by atoms with Gasteiger partial charge in [-0.25, -0.2) is 12.7 Å². The molecule has 3 nitrogen and oxygen atoms in total. The van der Waals surface area contributed by atoms with Crippen molar-refractivity contribution in [3.63, 3.8) is 0 Å². The Hall–Kier alpha value is 0.190. The second-order valence-corrected chi connectivity index (χ2v) is 8.95. The Morgan fingerprint density at radius 3 is 2.58 bits per heavy atom. The summed E-state index contributed by atoms with van der Waals surface area (Å²) in [5, 5.41) is 0.559. The van der Waals surface area contributed by atoms with Gasteiger partial charge in [-0.1, -0.05) is 39.1 Å². The summed E-state index contributed by atoms with van der Waals surface area (Å²) in [7, 11) is -2.00. The molecule has 0 spiro atoms. The molecule has 19 heavy (non-hydrogen) atoms. The van der Waals surface area contributed by atoms with Crippen LogP contribution in [0.5, 0.6) is 0 Å². The summed E-state index contributed by atoms with van der Waals surface area (Å²) in [5.41, 5.74) is 0. The lowest BCUT2D eigenvalue weighted by molar-refractivity contribution is 0.275. The van der Waals surface area contributed by atoms with Gasteiger partial charge in [0.25, 0.3) is 0 Å². The van der Waals surface area contributed by atoms with Gasteiger partial charge in [0, 0.05) is 23.4 Å². The van der Waals surface area contributed by atoms with Crippen LogP contribution in [0.15, 0.2) is 23.1 Å². The van der Waals surface area contributed by atoms with Gasteiger partial charge in [0.2, 0.25) is 10.0 Å². The molecule has 7 heteroatoms. The van der Waals surface area contributed by atoms with Crippen molar-refractivity contribution in [1.29, 1.82) is 0 Å². The minimum Gasteiger partial charge on any atom is -0.207 e. The van der Waals surface area contributed by atoms with Crippen molar-refractivity contribution in [2.75, 3.05) is 13.6 Å². The number of alkyl halides is 1. The van der Waals surface area contributed by atoms with Crippen LogP contribution in [-0.2, 0) is 10.0 Å². The van der Waals surface area contributed by atoms with E-state index in [0.29, 0.717) is 22.3 Å². The van der Waals surface area contributed by atoms with Crippen LogP contribution in [0.1, 0.15) is 12.8 Å². The highest BCUT2D eigenvalue weighted by atomic mass is 79.9.